The van der Waals surface area contributed by atoms with Gasteiger partial charge >= 0.3 is 6.09 Å². The second-order valence-corrected chi connectivity index (χ2v) is 4.85. The topological polar surface area (TPSA) is 57.4 Å². The van der Waals surface area contributed by atoms with Gasteiger partial charge in [-0.1, -0.05) is 6.04 Å². The number of aromatic nitrogens is 1. The number of hydrogen-bond donors (Lipinski definition) is 2. The van der Waals surface area contributed by atoms with E-state index in [0.717, 1.165) is 0 Å². The van der Waals surface area contributed by atoms with Crippen molar-refractivity contribution in [1.82, 2.24) is 15.2 Å². The summed E-state index contributed by atoms with van der Waals surface area (Å²) in [6.07, 6.45) is -4.64. The van der Waals surface area contributed by atoms with Gasteiger partial charge < -0.3 is 19.9 Å². The van der Waals surface area contributed by atoms with E-state index in [2.05, 4.69) is 9.72 Å². The van der Waals surface area contributed by atoms with Crippen molar-refractivity contribution in [2.45, 2.75) is 18.8 Å². The lowest BCUT2D eigenvalue weighted by molar-refractivity contribution is 0.177. The molecule has 5 nitrogen and oxygen atoms in total. The molecule has 1 atom stereocenters. The van der Waals surface area contributed by atoms with Crippen LogP contribution >= 0.6 is 0 Å². The third-order valence-corrected chi connectivity index (χ3v) is 2.85. The monoisotopic (exact) mass is 296 g/mol. The Morgan fingerprint density at radius 3 is 3.14 bits per heavy atom. The van der Waals surface area contributed by atoms with E-state index in [0.29, 0.717) is 0 Å². The SMILES string of the molecule is [2H]c1c(C([2H])([2H])[C@@H]2NC(=O)OC2([2H])[2H])c([2H])c2c(C([2H])([2H])CN(C)C)c[nH]c2c1[2H]. The second-order valence-electron chi connectivity index (χ2n) is 4.85. The van der Waals surface area contributed by atoms with Gasteiger partial charge in [-0.25, -0.2) is 4.79 Å². The van der Waals surface area contributed by atoms with Crippen molar-refractivity contribution in [3.63, 3.8) is 0 Å². The molecule has 1 aromatic heterocycles. The Bertz CT molecular complexity index is 1020. The van der Waals surface area contributed by atoms with E-state index >= 15 is 0 Å². The lowest BCUT2D eigenvalue weighted by atomic mass is 10.0. The van der Waals surface area contributed by atoms with Crippen molar-refractivity contribution in [2.75, 3.05) is 27.2 Å². The molecule has 0 bridgehead atoms. The van der Waals surface area contributed by atoms with Crippen LogP contribution in [0.25, 0.3) is 10.9 Å². The van der Waals surface area contributed by atoms with Crippen LogP contribution in [0.4, 0.5) is 4.79 Å². The maximum atomic E-state index is 11.5. The predicted molar refractivity (Wildman–Crippen MR) is 82.5 cm³/mol. The van der Waals surface area contributed by atoms with Crippen molar-refractivity contribution in [3.05, 3.63) is 35.5 Å². The van der Waals surface area contributed by atoms with E-state index in [1.54, 1.807) is 19.0 Å². The third-order valence-electron chi connectivity index (χ3n) is 2.85. The van der Waals surface area contributed by atoms with E-state index in [1.807, 2.05) is 5.32 Å². The van der Waals surface area contributed by atoms with Crippen LogP contribution in [0.5, 0.6) is 0 Å². The van der Waals surface area contributed by atoms with Gasteiger partial charge in [0, 0.05) is 29.1 Å². The number of ether oxygens (including phenoxy) is 1. The molecule has 112 valence electrons. The Hall–Kier alpha value is -2.01. The van der Waals surface area contributed by atoms with E-state index in [-0.39, 0.29) is 23.0 Å². The number of cyclic esters (lactones) is 1. The predicted octanol–water partition coefficient (Wildman–Crippen LogP) is 1.92. The molecule has 2 aromatic rings. The molecule has 1 saturated heterocycles. The first-order chi connectivity index (χ1) is 13.6. The minimum absolute atomic E-state index is 0.0110. The highest BCUT2D eigenvalue weighted by Crippen LogP contribution is 2.21. The Labute approximate surface area is 136 Å². The number of carbonyl (C=O) groups excluding carboxylic acids is 1. The van der Waals surface area contributed by atoms with Crippen molar-refractivity contribution in [1.29, 1.82) is 0 Å². The summed E-state index contributed by atoms with van der Waals surface area (Å²) in [6.45, 7) is -2.80. The minimum Gasteiger partial charge on any atom is -0.447 e. The molecule has 1 aliphatic heterocycles. The summed E-state index contributed by atoms with van der Waals surface area (Å²) in [7, 11) is 3.34. The molecule has 1 aromatic carbocycles. The highest BCUT2D eigenvalue weighted by Gasteiger charge is 2.22. The molecule has 1 amide bonds. The molecule has 0 spiro atoms. The van der Waals surface area contributed by atoms with Gasteiger partial charge in [-0.15, -0.1) is 0 Å². The summed E-state index contributed by atoms with van der Waals surface area (Å²) in [6, 6.07) is -3.54. The standard InChI is InChI=1S/C16H21N3O2/c1-19(2)6-5-12-9-17-15-4-3-11(8-14(12)15)7-13-10-21-16(20)18-13/h3-4,8-9,13,17H,5-7,10H2,1-2H3,(H,18,20)/t13-/m0/s1/i3D,4D,5D2,7D2,8D,10D2. The highest BCUT2D eigenvalue weighted by atomic mass is 16.6. The van der Waals surface area contributed by atoms with Crippen LogP contribution in [0.2, 0.25) is 0 Å². The summed E-state index contributed by atoms with van der Waals surface area (Å²) in [5, 5.41) is 1.98. The molecule has 2 N–H and O–H groups in total. The van der Waals surface area contributed by atoms with Crippen molar-refractivity contribution < 1.29 is 21.9 Å². The first-order valence-corrected chi connectivity index (χ1v) is 6.37. The number of benzene rings is 1. The van der Waals surface area contributed by atoms with Gasteiger partial charge in [0.1, 0.15) is 6.56 Å². The van der Waals surface area contributed by atoms with Gasteiger partial charge in [-0.3, -0.25) is 0 Å². The summed E-state index contributed by atoms with van der Waals surface area (Å²) in [5.41, 5.74) is -0.588. The average molecular weight is 296 g/mol. The smallest absolute Gasteiger partial charge is 0.407 e. The zero-order valence-corrected chi connectivity index (χ0v) is 11.6. The molecule has 1 fully saturated rings. The number of nitrogens with one attached hydrogen (secondary N) is 2. The van der Waals surface area contributed by atoms with Gasteiger partial charge in [-0.2, -0.15) is 0 Å². The number of rotatable bonds is 5. The molecule has 0 radical (unpaired) electrons. The number of nitrogens with zero attached hydrogens (tertiary/aromatic N) is 1. The molecule has 0 aliphatic carbocycles. The first kappa shape index (κ1) is 6.83. The molecule has 3 rings (SSSR count). The Kier molecular flexibility index (Phi) is 1.88. The number of likely N-dealkylation sites (N-methyl/N-ethyl adjacent to an activating group) is 1. The second kappa shape index (κ2) is 5.77. The molecular weight excluding hydrogens is 266 g/mol. The fraction of sp³-hybridized carbons (Fsp3) is 0.438. The molecule has 5 heteroatoms. The van der Waals surface area contributed by atoms with Gasteiger partial charge in [0.15, 0.2) is 0 Å². The lowest BCUT2D eigenvalue weighted by Gasteiger charge is -2.09. The number of amides is 1. The molecule has 0 saturated carbocycles. The van der Waals surface area contributed by atoms with Crippen LogP contribution in [0.1, 0.15) is 23.5 Å². The zero-order valence-electron chi connectivity index (χ0n) is 20.6. The molecule has 1 aliphatic rings. The van der Waals surface area contributed by atoms with Crippen LogP contribution in [0.3, 0.4) is 0 Å². The fourth-order valence-corrected chi connectivity index (χ4v) is 1.89. The van der Waals surface area contributed by atoms with Crippen LogP contribution in [-0.2, 0) is 17.5 Å². The highest BCUT2D eigenvalue weighted by molar-refractivity contribution is 5.84. The minimum atomic E-state index is -2.80. The van der Waals surface area contributed by atoms with E-state index in [1.165, 1.54) is 6.20 Å². The van der Waals surface area contributed by atoms with Crippen molar-refractivity contribution in [2.24, 2.45) is 0 Å². The zero-order chi connectivity index (χ0) is 22.8. The average Bonchev–Trinajstić information content (AvgIpc) is 3.13. The van der Waals surface area contributed by atoms with Gasteiger partial charge in [0.2, 0.25) is 0 Å². The maximum absolute atomic E-state index is 11.5. The number of aromatic amines is 1. The summed E-state index contributed by atoms with van der Waals surface area (Å²) >= 11 is 0. The Balaban J connectivity index is 2.29. The number of carbonyl (C=O) groups is 1. The molecule has 21 heavy (non-hydrogen) atoms. The first-order valence-electron chi connectivity index (χ1n) is 10.9. The molecule has 0 unspecified atom stereocenters. The normalized spacial score (nSPS) is 28.2. The molecule has 2 heterocycles. The summed E-state index contributed by atoms with van der Waals surface area (Å²) < 4.78 is 78.8. The van der Waals surface area contributed by atoms with Crippen molar-refractivity contribution >= 4 is 17.0 Å². The third kappa shape index (κ3) is 3.19. The molecular formula is C16H21N3O2. The Morgan fingerprint density at radius 2 is 2.43 bits per heavy atom. The lowest BCUT2D eigenvalue weighted by Crippen LogP contribution is -2.28. The van der Waals surface area contributed by atoms with Crippen LogP contribution in [-0.4, -0.2) is 49.2 Å². The largest absolute Gasteiger partial charge is 0.447 e. The number of alkyl carbamates (subject to hydrolysis) is 1. The summed E-state index contributed by atoms with van der Waals surface area (Å²) in [5.74, 6) is 0. The van der Waals surface area contributed by atoms with Gasteiger partial charge in [0.05, 0.1) is 12.9 Å². The Morgan fingerprint density at radius 1 is 1.57 bits per heavy atom. The number of H-pyrrole nitrogens is 1. The van der Waals surface area contributed by atoms with E-state index in [9.17, 15) is 4.79 Å². The maximum Gasteiger partial charge on any atom is 0.407 e. The van der Waals surface area contributed by atoms with E-state index < -0.39 is 55.1 Å². The van der Waals surface area contributed by atoms with Gasteiger partial charge in [0.25, 0.3) is 0 Å². The quantitative estimate of drug-likeness (QED) is 0.886. The van der Waals surface area contributed by atoms with Crippen LogP contribution in [0, 0.1) is 0 Å². The summed E-state index contributed by atoms with van der Waals surface area (Å²) in [4.78, 5) is 15.8. The van der Waals surface area contributed by atoms with E-state index in [4.69, 9.17) is 12.3 Å². The number of fused-ring (bicyclic) bond motifs is 1. The van der Waals surface area contributed by atoms with Crippen LogP contribution in [0.15, 0.2) is 24.3 Å². The number of hydrogen-bond acceptors (Lipinski definition) is 3. The van der Waals surface area contributed by atoms with Crippen LogP contribution < -0.4 is 5.32 Å². The fourth-order valence-electron chi connectivity index (χ4n) is 1.89. The van der Waals surface area contributed by atoms with Crippen molar-refractivity contribution in [3.8, 4) is 0 Å². The van der Waals surface area contributed by atoms with Gasteiger partial charge in [-0.05, 0) is 50.1 Å².